The molecule has 0 radical (unpaired) electrons. The van der Waals surface area contributed by atoms with Crippen molar-refractivity contribution in [2.75, 3.05) is 13.2 Å². The molecule has 0 aromatic carbocycles. The molecule has 0 aromatic rings. The van der Waals surface area contributed by atoms with Crippen LogP contribution >= 0.6 is 15.9 Å². The number of rotatable bonds is 3. The molecular weight excluding hydrogens is 286 g/mol. The normalized spacial score (nSPS) is 29.1. The van der Waals surface area contributed by atoms with Crippen molar-refractivity contribution in [3.8, 4) is 0 Å². The summed E-state index contributed by atoms with van der Waals surface area (Å²) < 4.78 is 5.17. The lowest BCUT2D eigenvalue weighted by Crippen LogP contribution is -2.36. The average molecular weight is 308 g/mol. The Kier molecular flexibility index (Phi) is 5.25. The van der Waals surface area contributed by atoms with Gasteiger partial charge in [0.05, 0.1) is 0 Å². The van der Waals surface area contributed by atoms with E-state index in [1.54, 1.807) is 0 Å². The minimum absolute atomic E-state index is 0.227. The molecule has 0 spiro atoms. The minimum atomic E-state index is -0.457. The number of hydrogen-bond donors (Lipinski definition) is 2. The van der Waals surface area contributed by atoms with Crippen LogP contribution in [0.1, 0.15) is 33.6 Å². The van der Waals surface area contributed by atoms with Crippen molar-refractivity contribution in [2.24, 2.45) is 11.8 Å². The number of aliphatic hydroxyl groups excluding tert-OH is 1. The summed E-state index contributed by atoms with van der Waals surface area (Å²) in [6.45, 7) is 6.36. The van der Waals surface area contributed by atoms with Gasteiger partial charge < -0.3 is 15.2 Å². The summed E-state index contributed by atoms with van der Waals surface area (Å²) in [6, 6.07) is 0. The van der Waals surface area contributed by atoms with E-state index in [1.807, 2.05) is 20.8 Å². The molecule has 0 heterocycles. The Balaban J connectivity index is 2.29. The van der Waals surface area contributed by atoms with Crippen LogP contribution < -0.4 is 5.32 Å². The quantitative estimate of drug-likeness (QED) is 0.787. The third kappa shape index (κ3) is 5.25. The Morgan fingerprint density at radius 3 is 2.59 bits per heavy atom. The number of halogens is 1. The smallest absolute Gasteiger partial charge is 0.407 e. The van der Waals surface area contributed by atoms with E-state index in [1.165, 1.54) is 0 Å². The minimum Gasteiger partial charge on any atom is -0.444 e. The van der Waals surface area contributed by atoms with E-state index in [0.29, 0.717) is 23.2 Å². The molecule has 5 heteroatoms. The number of amides is 1. The molecule has 3 atom stereocenters. The van der Waals surface area contributed by atoms with Gasteiger partial charge in [0.2, 0.25) is 0 Å². The van der Waals surface area contributed by atoms with Crippen molar-refractivity contribution in [1.29, 1.82) is 0 Å². The first-order chi connectivity index (χ1) is 7.81. The van der Waals surface area contributed by atoms with Crippen molar-refractivity contribution in [3.05, 3.63) is 0 Å². The molecule has 1 saturated carbocycles. The first kappa shape index (κ1) is 14.8. The zero-order valence-corrected chi connectivity index (χ0v) is 12.3. The van der Waals surface area contributed by atoms with Crippen LogP contribution in [0.5, 0.6) is 0 Å². The number of carbonyl (C=O) groups excluding carboxylic acids is 1. The van der Waals surface area contributed by atoms with Crippen LogP contribution in [0.4, 0.5) is 4.79 Å². The van der Waals surface area contributed by atoms with Crippen LogP contribution in [-0.2, 0) is 4.74 Å². The lowest BCUT2D eigenvalue weighted by Gasteiger charge is -2.21. The summed E-state index contributed by atoms with van der Waals surface area (Å²) in [6.07, 6.45) is 1.55. The van der Waals surface area contributed by atoms with Gasteiger partial charge in [-0.2, -0.15) is 0 Å². The number of nitrogens with one attached hydrogen (secondary N) is 1. The number of hydrogen-bond acceptors (Lipinski definition) is 3. The fraction of sp³-hybridized carbons (Fsp3) is 0.917. The van der Waals surface area contributed by atoms with E-state index in [2.05, 4.69) is 21.2 Å². The first-order valence-electron chi connectivity index (χ1n) is 6.03. The van der Waals surface area contributed by atoms with Gasteiger partial charge >= 0.3 is 6.09 Å². The number of carbonyl (C=O) groups is 1. The molecule has 2 N–H and O–H groups in total. The van der Waals surface area contributed by atoms with E-state index in [0.717, 1.165) is 12.8 Å². The zero-order chi connectivity index (χ0) is 13.1. The van der Waals surface area contributed by atoms with E-state index >= 15 is 0 Å². The maximum Gasteiger partial charge on any atom is 0.407 e. The van der Waals surface area contributed by atoms with Crippen molar-refractivity contribution >= 4 is 22.0 Å². The van der Waals surface area contributed by atoms with Crippen LogP contribution in [0.15, 0.2) is 0 Å². The molecule has 1 fully saturated rings. The number of ether oxygens (including phenoxy) is 1. The molecule has 17 heavy (non-hydrogen) atoms. The van der Waals surface area contributed by atoms with E-state index in [4.69, 9.17) is 9.84 Å². The van der Waals surface area contributed by atoms with Crippen molar-refractivity contribution in [1.82, 2.24) is 5.32 Å². The van der Waals surface area contributed by atoms with Crippen molar-refractivity contribution in [3.63, 3.8) is 0 Å². The lowest BCUT2D eigenvalue weighted by molar-refractivity contribution is 0.0519. The molecule has 0 aromatic heterocycles. The standard InChI is InChI=1S/C12H22BrNO3/c1-12(2,3)17-11(16)14-6-9-4-8(7-15)5-10(9)13/h8-10,15H,4-7H2,1-3H3,(H,14,16)/t8-,9+,10+/m1/s1. The van der Waals surface area contributed by atoms with Crippen molar-refractivity contribution < 1.29 is 14.6 Å². The van der Waals surface area contributed by atoms with Gasteiger partial charge in [-0.05, 0) is 45.4 Å². The molecule has 0 bridgehead atoms. The topological polar surface area (TPSA) is 58.6 Å². The second kappa shape index (κ2) is 6.05. The summed E-state index contributed by atoms with van der Waals surface area (Å²) >= 11 is 3.59. The molecule has 4 nitrogen and oxygen atoms in total. The molecule has 1 rings (SSSR count). The first-order valence-corrected chi connectivity index (χ1v) is 6.95. The molecule has 0 unspecified atom stereocenters. The van der Waals surface area contributed by atoms with Crippen LogP contribution in [0, 0.1) is 11.8 Å². The third-order valence-electron chi connectivity index (χ3n) is 2.87. The lowest BCUT2D eigenvalue weighted by atomic mass is 10.1. The molecular formula is C12H22BrNO3. The van der Waals surface area contributed by atoms with Gasteiger partial charge in [0.15, 0.2) is 0 Å². The van der Waals surface area contributed by atoms with Crippen LogP contribution in [0.25, 0.3) is 0 Å². The van der Waals surface area contributed by atoms with Crippen LogP contribution in [-0.4, -0.2) is 34.8 Å². The van der Waals surface area contributed by atoms with E-state index in [9.17, 15) is 4.79 Å². The van der Waals surface area contributed by atoms with Crippen molar-refractivity contribution in [2.45, 2.75) is 44.0 Å². The summed E-state index contributed by atoms with van der Waals surface area (Å²) in [4.78, 5) is 11.8. The van der Waals surface area contributed by atoms with Gasteiger partial charge in [-0.25, -0.2) is 4.79 Å². The van der Waals surface area contributed by atoms with Gasteiger partial charge in [-0.1, -0.05) is 15.9 Å². The summed E-state index contributed by atoms with van der Waals surface area (Å²) in [5.41, 5.74) is -0.457. The van der Waals surface area contributed by atoms with E-state index < -0.39 is 5.60 Å². The number of alkyl carbamates (subject to hydrolysis) is 1. The maximum absolute atomic E-state index is 11.5. The Labute approximate surface area is 111 Å². The monoisotopic (exact) mass is 307 g/mol. The number of aliphatic hydroxyl groups is 1. The highest BCUT2D eigenvalue weighted by atomic mass is 79.9. The molecule has 0 aliphatic heterocycles. The van der Waals surface area contributed by atoms with Gasteiger partial charge in [0, 0.05) is 18.0 Å². The van der Waals surface area contributed by atoms with Gasteiger partial charge in [-0.3, -0.25) is 0 Å². The Morgan fingerprint density at radius 1 is 1.47 bits per heavy atom. The predicted octanol–water partition coefficient (Wildman–Crippen LogP) is 2.29. The highest BCUT2D eigenvalue weighted by Gasteiger charge is 2.32. The highest BCUT2D eigenvalue weighted by molar-refractivity contribution is 9.09. The predicted molar refractivity (Wildman–Crippen MR) is 70.3 cm³/mol. The highest BCUT2D eigenvalue weighted by Crippen LogP contribution is 2.35. The van der Waals surface area contributed by atoms with Gasteiger partial charge in [0.1, 0.15) is 5.60 Å². The maximum atomic E-state index is 11.5. The Bertz CT molecular complexity index is 265. The second-order valence-electron chi connectivity index (χ2n) is 5.68. The zero-order valence-electron chi connectivity index (χ0n) is 10.7. The second-order valence-corrected chi connectivity index (χ2v) is 6.86. The molecule has 1 amide bonds. The van der Waals surface area contributed by atoms with Gasteiger partial charge in [0.25, 0.3) is 0 Å². The van der Waals surface area contributed by atoms with Gasteiger partial charge in [-0.15, -0.1) is 0 Å². The largest absolute Gasteiger partial charge is 0.444 e. The summed E-state index contributed by atoms with van der Waals surface area (Å²) in [7, 11) is 0. The Morgan fingerprint density at radius 2 is 2.12 bits per heavy atom. The summed E-state index contributed by atoms with van der Waals surface area (Å²) in [5.74, 6) is 0.726. The molecule has 1 aliphatic carbocycles. The Hall–Kier alpha value is -0.290. The van der Waals surface area contributed by atoms with Crippen LogP contribution in [0.2, 0.25) is 0 Å². The molecule has 0 saturated heterocycles. The molecule has 100 valence electrons. The van der Waals surface area contributed by atoms with Crippen LogP contribution in [0.3, 0.4) is 0 Å². The fourth-order valence-corrected chi connectivity index (χ4v) is 3.00. The fourth-order valence-electron chi connectivity index (χ4n) is 2.07. The van der Waals surface area contributed by atoms with E-state index in [-0.39, 0.29) is 12.7 Å². The average Bonchev–Trinajstić information content (AvgIpc) is 2.54. The molecule has 1 aliphatic rings. The summed E-state index contributed by atoms with van der Waals surface area (Å²) in [5, 5.41) is 11.9. The number of alkyl halides is 1. The SMILES string of the molecule is CC(C)(C)OC(=O)NC[C@@H]1C[C@@H](CO)C[C@@H]1Br. The third-order valence-corrected chi connectivity index (χ3v) is 3.99.